The zero-order valence-corrected chi connectivity index (χ0v) is 17.2. The Hall–Kier alpha value is -3.89. The van der Waals surface area contributed by atoms with E-state index in [0.717, 1.165) is 0 Å². The highest BCUT2D eigenvalue weighted by atomic mass is 16.6. The lowest BCUT2D eigenvalue weighted by molar-refractivity contribution is -0.135. The first-order chi connectivity index (χ1) is 15.0. The van der Waals surface area contributed by atoms with Crippen LogP contribution >= 0.6 is 0 Å². The summed E-state index contributed by atoms with van der Waals surface area (Å²) in [6, 6.07) is 5.11. The van der Waals surface area contributed by atoms with E-state index in [4.69, 9.17) is 9.47 Å². The maximum absolute atomic E-state index is 12.7. The summed E-state index contributed by atoms with van der Waals surface area (Å²) < 4.78 is 13.7. The molecule has 0 atom stereocenters. The van der Waals surface area contributed by atoms with Crippen LogP contribution in [-0.4, -0.2) is 62.3 Å². The normalized spacial score (nSPS) is 12.6. The number of hydrogen-bond donors (Lipinski definition) is 1. The third-order valence-electron chi connectivity index (χ3n) is 4.92. The SMILES string of the molecule is CCN(CC(=O)Nc1ccc2c(c1)OCCO2)C(=O)Cn1cnc2c(cnn2C)c1=O. The van der Waals surface area contributed by atoms with Gasteiger partial charge in [-0.2, -0.15) is 5.10 Å². The number of fused-ring (bicyclic) bond motifs is 2. The topological polar surface area (TPSA) is 121 Å². The van der Waals surface area contributed by atoms with Crippen molar-refractivity contribution in [2.45, 2.75) is 13.5 Å². The van der Waals surface area contributed by atoms with Gasteiger partial charge in [-0.1, -0.05) is 0 Å². The molecule has 31 heavy (non-hydrogen) atoms. The minimum absolute atomic E-state index is 0.152. The smallest absolute Gasteiger partial charge is 0.264 e. The summed E-state index contributed by atoms with van der Waals surface area (Å²) in [6.07, 6.45) is 2.73. The van der Waals surface area contributed by atoms with E-state index >= 15 is 0 Å². The van der Waals surface area contributed by atoms with E-state index in [1.807, 2.05) is 0 Å². The maximum Gasteiger partial charge on any atom is 0.264 e. The van der Waals surface area contributed by atoms with Crippen molar-refractivity contribution in [2.24, 2.45) is 7.05 Å². The van der Waals surface area contributed by atoms with Crippen LogP contribution in [0.25, 0.3) is 11.0 Å². The number of rotatable bonds is 6. The molecule has 11 nitrogen and oxygen atoms in total. The van der Waals surface area contributed by atoms with Crippen LogP contribution in [0.5, 0.6) is 11.5 Å². The second-order valence-corrected chi connectivity index (χ2v) is 7.00. The fourth-order valence-electron chi connectivity index (χ4n) is 3.30. The average Bonchev–Trinajstić information content (AvgIpc) is 3.15. The number of carbonyl (C=O) groups excluding carboxylic acids is 2. The zero-order valence-electron chi connectivity index (χ0n) is 17.2. The van der Waals surface area contributed by atoms with Crippen LogP contribution in [0.15, 0.2) is 35.5 Å². The molecule has 2 amide bonds. The summed E-state index contributed by atoms with van der Waals surface area (Å²) in [6.45, 7) is 2.63. The number of nitrogens with zero attached hydrogens (tertiary/aromatic N) is 5. The van der Waals surface area contributed by atoms with Crippen molar-refractivity contribution in [2.75, 3.05) is 31.6 Å². The first-order valence-electron chi connectivity index (χ1n) is 9.80. The molecule has 0 saturated heterocycles. The van der Waals surface area contributed by atoms with Gasteiger partial charge in [0.05, 0.1) is 12.7 Å². The van der Waals surface area contributed by atoms with Gasteiger partial charge in [-0.15, -0.1) is 0 Å². The molecule has 0 unspecified atom stereocenters. The van der Waals surface area contributed by atoms with Crippen LogP contribution in [0, 0.1) is 0 Å². The van der Waals surface area contributed by atoms with Crippen molar-refractivity contribution in [1.82, 2.24) is 24.2 Å². The first kappa shape index (κ1) is 20.4. The summed E-state index contributed by atoms with van der Waals surface area (Å²) in [5.74, 6) is 0.455. The number of anilines is 1. The van der Waals surface area contributed by atoms with Crippen molar-refractivity contribution in [3.63, 3.8) is 0 Å². The summed E-state index contributed by atoms with van der Waals surface area (Å²) >= 11 is 0. The van der Waals surface area contributed by atoms with Crippen LogP contribution in [0.3, 0.4) is 0 Å². The summed E-state index contributed by atoms with van der Waals surface area (Å²) in [5.41, 5.74) is 0.628. The number of aromatic nitrogens is 4. The molecule has 1 aliphatic rings. The van der Waals surface area contributed by atoms with E-state index in [-0.39, 0.29) is 30.5 Å². The number of benzene rings is 1. The predicted octanol–water partition coefficient (Wildman–Crippen LogP) is 0.388. The zero-order chi connectivity index (χ0) is 22.0. The van der Waals surface area contributed by atoms with E-state index < -0.39 is 0 Å². The number of hydrogen-bond acceptors (Lipinski definition) is 7. The molecule has 162 valence electrons. The van der Waals surface area contributed by atoms with Crippen molar-refractivity contribution in [1.29, 1.82) is 0 Å². The number of likely N-dealkylation sites (N-methyl/N-ethyl adjacent to an activating group) is 1. The van der Waals surface area contributed by atoms with Crippen LogP contribution in [0.4, 0.5) is 5.69 Å². The van der Waals surface area contributed by atoms with Gasteiger partial charge < -0.3 is 19.7 Å². The van der Waals surface area contributed by atoms with Gasteiger partial charge in [0, 0.05) is 25.3 Å². The van der Waals surface area contributed by atoms with E-state index in [1.165, 1.54) is 26.7 Å². The molecule has 3 heterocycles. The van der Waals surface area contributed by atoms with Gasteiger partial charge in [-0.3, -0.25) is 23.6 Å². The predicted molar refractivity (Wildman–Crippen MR) is 111 cm³/mol. The molecule has 0 spiro atoms. The number of nitrogens with one attached hydrogen (secondary N) is 1. The fraction of sp³-hybridized carbons (Fsp3) is 0.350. The maximum atomic E-state index is 12.7. The molecular weight excluding hydrogens is 404 g/mol. The molecule has 0 aliphatic carbocycles. The highest BCUT2D eigenvalue weighted by Crippen LogP contribution is 2.32. The fourth-order valence-corrected chi connectivity index (χ4v) is 3.30. The van der Waals surface area contributed by atoms with Gasteiger partial charge in [0.1, 0.15) is 31.5 Å². The number of amides is 2. The minimum atomic E-state index is -0.369. The Kier molecular flexibility index (Phi) is 5.56. The molecule has 0 fully saturated rings. The third kappa shape index (κ3) is 4.20. The Labute approximate surface area is 177 Å². The lowest BCUT2D eigenvalue weighted by Gasteiger charge is -2.21. The van der Waals surface area contributed by atoms with Gasteiger partial charge in [0.15, 0.2) is 17.1 Å². The molecule has 1 aromatic carbocycles. The molecule has 0 saturated carbocycles. The quantitative estimate of drug-likeness (QED) is 0.605. The second-order valence-electron chi connectivity index (χ2n) is 7.00. The van der Waals surface area contributed by atoms with Crippen molar-refractivity contribution in [3.8, 4) is 11.5 Å². The number of aryl methyl sites for hydroxylation is 1. The Bertz CT molecular complexity index is 1200. The highest BCUT2D eigenvalue weighted by Gasteiger charge is 2.19. The minimum Gasteiger partial charge on any atom is -0.486 e. The Morgan fingerprint density at radius 3 is 2.77 bits per heavy atom. The summed E-state index contributed by atoms with van der Waals surface area (Å²) in [5, 5.41) is 7.09. The van der Waals surface area contributed by atoms with Gasteiger partial charge >= 0.3 is 0 Å². The molecule has 1 aliphatic heterocycles. The molecule has 2 aromatic heterocycles. The molecule has 0 radical (unpaired) electrons. The molecule has 3 aromatic rings. The Morgan fingerprint density at radius 1 is 1.23 bits per heavy atom. The van der Waals surface area contributed by atoms with E-state index in [9.17, 15) is 14.4 Å². The Balaban J connectivity index is 1.41. The third-order valence-corrected chi connectivity index (χ3v) is 4.92. The molecule has 1 N–H and O–H groups in total. The van der Waals surface area contributed by atoms with Crippen molar-refractivity contribution < 1.29 is 19.1 Å². The molecule has 4 rings (SSSR count). The average molecular weight is 426 g/mol. The molecule has 0 bridgehead atoms. The van der Waals surface area contributed by atoms with Gasteiger partial charge in [-0.25, -0.2) is 4.98 Å². The number of ether oxygens (including phenoxy) is 2. The monoisotopic (exact) mass is 426 g/mol. The lowest BCUT2D eigenvalue weighted by Crippen LogP contribution is -2.41. The van der Waals surface area contributed by atoms with Crippen LogP contribution in [-0.2, 0) is 23.2 Å². The highest BCUT2D eigenvalue weighted by molar-refractivity contribution is 5.94. The van der Waals surface area contributed by atoms with Crippen LogP contribution < -0.4 is 20.3 Å². The molecular formula is C20H22N6O5. The summed E-state index contributed by atoms with van der Waals surface area (Å²) in [7, 11) is 1.68. The van der Waals surface area contributed by atoms with Crippen molar-refractivity contribution >= 4 is 28.5 Å². The van der Waals surface area contributed by atoms with E-state index in [2.05, 4.69) is 15.4 Å². The van der Waals surface area contributed by atoms with Gasteiger partial charge in [-0.05, 0) is 19.1 Å². The van der Waals surface area contributed by atoms with Gasteiger partial charge in [0.25, 0.3) is 5.56 Å². The second kappa shape index (κ2) is 8.46. The van der Waals surface area contributed by atoms with Crippen molar-refractivity contribution in [3.05, 3.63) is 41.1 Å². The van der Waals surface area contributed by atoms with Gasteiger partial charge in [0.2, 0.25) is 11.8 Å². The van der Waals surface area contributed by atoms with E-state index in [1.54, 1.807) is 32.2 Å². The van der Waals surface area contributed by atoms with Crippen LogP contribution in [0.2, 0.25) is 0 Å². The molecule has 11 heteroatoms. The standard InChI is InChI=1S/C20H22N6O5/c1-3-25(10-17(27)23-13-4-5-15-16(8-13)31-7-6-30-15)18(28)11-26-12-21-19-14(20(26)29)9-22-24(19)2/h4-5,8-9,12H,3,6-7,10-11H2,1-2H3,(H,23,27). The number of carbonyl (C=O) groups is 2. The lowest BCUT2D eigenvalue weighted by atomic mass is 10.2. The first-order valence-corrected chi connectivity index (χ1v) is 9.80. The largest absolute Gasteiger partial charge is 0.486 e. The Morgan fingerprint density at radius 2 is 2.00 bits per heavy atom. The van der Waals surface area contributed by atoms with Crippen LogP contribution in [0.1, 0.15) is 6.92 Å². The summed E-state index contributed by atoms with van der Waals surface area (Å²) in [4.78, 5) is 43.3. The van der Waals surface area contributed by atoms with E-state index in [0.29, 0.717) is 48.0 Å².